The molecule has 2 N–H and O–H groups in total. The van der Waals surface area contributed by atoms with Crippen LogP contribution < -0.4 is 10.2 Å². The van der Waals surface area contributed by atoms with E-state index in [-0.39, 0.29) is 0 Å². The summed E-state index contributed by atoms with van der Waals surface area (Å²) in [7, 11) is 1.86. The maximum atomic E-state index is 10.0. The zero-order chi connectivity index (χ0) is 18.2. The molecule has 0 saturated carbocycles. The van der Waals surface area contributed by atoms with Crippen LogP contribution in [0.4, 0.5) is 5.69 Å². The molecule has 0 aliphatic carbocycles. The second kappa shape index (κ2) is 9.67. The van der Waals surface area contributed by atoms with Gasteiger partial charge in [-0.05, 0) is 57.5 Å². The normalized spacial score (nSPS) is 19.2. The number of unbranched alkanes of at least 4 members (excludes halogenated alkanes) is 1. The Morgan fingerprint density at radius 3 is 2.46 bits per heavy atom. The highest BCUT2D eigenvalue weighted by Crippen LogP contribution is 2.27. The van der Waals surface area contributed by atoms with Crippen molar-refractivity contribution in [1.29, 1.82) is 0 Å². The fraction of sp³-hybridized carbons (Fsp3) is 0.650. The summed E-state index contributed by atoms with van der Waals surface area (Å²) in [6, 6.07) is 7.58. The highest BCUT2D eigenvalue weighted by molar-refractivity contribution is 5.80. The van der Waals surface area contributed by atoms with Crippen molar-refractivity contribution in [3.05, 3.63) is 24.3 Å². The molecule has 0 aromatic heterocycles. The Morgan fingerprint density at radius 2 is 1.77 bits per heavy atom. The minimum atomic E-state index is 0.362. The molecule has 3 rings (SSSR count). The third-order valence-corrected chi connectivity index (χ3v) is 5.40. The van der Waals surface area contributed by atoms with E-state index in [1.54, 1.807) is 6.07 Å². The molecule has 26 heavy (non-hydrogen) atoms. The molecule has 0 radical (unpaired) electrons. The number of aliphatic imine (C=N–C) groups is 1. The first-order chi connectivity index (χ1) is 12.8. The Hall–Kier alpha value is -1.95. The van der Waals surface area contributed by atoms with Crippen LogP contribution in [0.3, 0.4) is 0 Å². The van der Waals surface area contributed by atoms with Crippen molar-refractivity contribution in [3.8, 4) is 5.75 Å². The Morgan fingerprint density at radius 1 is 1.04 bits per heavy atom. The minimum Gasteiger partial charge on any atom is -0.506 e. The van der Waals surface area contributed by atoms with Gasteiger partial charge in [-0.15, -0.1) is 0 Å². The van der Waals surface area contributed by atoms with Crippen LogP contribution >= 0.6 is 0 Å². The molecule has 6 nitrogen and oxygen atoms in total. The number of hydrogen-bond donors (Lipinski definition) is 2. The number of guanidine groups is 1. The Balaban J connectivity index is 1.37. The number of likely N-dealkylation sites (tertiary alicyclic amines) is 1. The van der Waals surface area contributed by atoms with E-state index < -0.39 is 0 Å². The highest BCUT2D eigenvalue weighted by atomic mass is 16.3. The fourth-order valence-corrected chi connectivity index (χ4v) is 3.89. The number of phenols is 1. The first kappa shape index (κ1) is 18.8. The number of para-hydroxylation sites is 2. The van der Waals surface area contributed by atoms with E-state index in [0.717, 1.165) is 44.4 Å². The lowest BCUT2D eigenvalue weighted by atomic mass is 10.2. The lowest BCUT2D eigenvalue weighted by molar-refractivity contribution is 0.329. The second-order valence-electron chi connectivity index (χ2n) is 7.19. The lowest BCUT2D eigenvalue weighted by Gasteiger charge is -2.37. The monoisotopic (exact) mass is 359 g/mol. The van der Waals surface area contributed by atoms with E-state index in [0.29, 0.717) is 5.75 Å². The van der Waals surface area contributed by atoms with E-state index in [4.69, 9.17) is 0 Å². The number of rotatable bonds is 6. The van der Waals surface area contributed by atoms with Gasteiger partial charge in [-0.3, -0.25) is 4.99 Å². The van der Waals surface area contributed by atoms with Gasteiger partial charge in [-0.1, -0.05) is 12.1 Å². The molecule has 144 valence electrons. The minimum absolute atomic E-state index is 0.362. The number of aromatic hydroxyl groups is 1. The summed E-state index contributed by atoms with van der Waals surface area (Å²) in [5.74, 6) is 1.37. The van der Waals surface area contributed by atoms with Gasteiger partial charge in [-0.2, -0.15) is 0 Å². The van der Waals surface area contributed by atoms with Gasteiger partial charge in [0.25, 0.3) is 0 Å². The summed E-state index contributed by atoms with van der Waals surface area (Å²) in [6.07, 6.45) is 5.19. The van der Waals surface area contributed by atoms with Crippen LogP contribution in [0.15, 0.2) is 29.3 Å². The zero-order valence-corrected chi connectivity index (χ0v) is 16.0. The summed E-state index contributed by atoms with van der Waals surface area (Å²) >= 11 is 0. The molecule has 0 amide bonds. The number of benzene rings is 1. The SMILES string of the molecule is CN=C(NCCCCN1CCCC1)N1CCN(c2ccccc2O)CC1. The quantitative estimate of drug-likeness (QED) is 0.462. The van der Waals surface area contributed by atoms with Gasteiger partial charge >= 0.3 is 0 Å². The van der Waals surface area contributed by atoms with Gasteiger partial charge in [0, 0.05) is 39.8 Å². The molecule has 2 heterocycles. The predicted octanol–water partition coefficient (Wildman–Crippen LogP) is 1.97. The van der Waals surface area contributed by atoms with Crippen LogP contribution in [0.25, 0.3) is 0 Å². The zero-order valence-electron chi connectivity index (χ0n) is 16.0. The van der Waals surface area contributed by atoms with E-state index in [2.05, 4.69) is 25.0 Å². The van der Waals surface area contributed by atoms with Crippen molar-refractivity contribution in [2.45, 2.75) is 25.7 Å². The fourth-order valence-electron chi connectivity index (χ4n) is 3.89. The first-order valence-electron chi connectivity index (χ1n) is 9.99. The van der Waals surface area contributed by atoms with Crippen LogP contribution in [0.2, 0.25) is 0 Å². The molecule has 1 aromatic carbocycles. The lowest BCUT2D eigenvalue weighted by Crippen LogP contribution is -2.52. The van der Waals surface area contributed by atoms with Crippen LogP contribution in [0.5, 0.6) is 5.75 Å². The number of hydrogen-bond acceptors (Lipinski definition) is 4. The Kier molecular flexibility index (Phi) is 7.00. The summed E-state index contributed by atoms with van der Waals surface area (Å²) in [6.45, 7) is 8.43. The smallest absolute Gasteiger partial charge is 0.193 e. The van der Waals surface area contributed by atoms with Crippen molar-refractivity contribution in [1.82, 2.24) is 15.1 Å². The van der Waals surface area contributed by atoms with Gasteiger partial charge in [0.15, 0.2) is 5.96 Å². The molecule has 2 saturated heterocycles. The van der Waals surface area contributed by atoms with Crippen LogP contribution in [0, 0.1) is 0 Å². The number of phenolic OH excluding ortho intramolecular Hbond substituents is 1. The van der Waals surface area contributed by atoms with Gasteiger partial charge in [0.1, 0.15) is 5.75 Å². The van der Waals surface area contributed by atoms with Gasteiger partial charge < -0.3 is 25.1 Å². The molecule has 0 atom stereocenters. The molecule has 0 unspecified atom stereocenters. The third-order valence-electron chi connectivity index (χ3n) is 5.40. The van der Waals surface area contributed by atoms with E-state index in [1.807, 2.05) is 25.2 Å². The molecule has 0 bridgehead atoms. The van der Waals surface area contributed by atoms with Crippen LogP contribution in [0.1, 0.15) is 25.7 Å². The Labute approximate surface area is 157 Å². The summed E-state index contributed by atoms with van der Waals surface area (Å²) < 4.78 is 0. The highest BCUT2D eigenvalue weighted by Gasteiger charge is 2.21. The summed E-state index contributed by atoms with van der Waals surface area (Å²) in [5, 5.41) is 13.6. The van der Waals surface area contributed by atoms with Gasteiger partial charge in [0.2, 0.25) is 0 Å². The average Bonchev–Trinajstić information content (AvgIpc) is 3.19. The molecule has 0 spiro atoms. The third kappa shape index (κ3) is 5.04. The molecule has 2 aliphatic heterocycles. The van der Waals surface area contributed by atoms with Crippen molar-refractivity contribution in [3.63, 3.8) is 0 Å². The first-order valence-corrected chi connectivity index (χ1v) is 9.99. The van der Waals surface area contributed by atoms with Crippen molar-refractivity contribution in [2.24, 2.45) is 4.99 Å². The summed E-state index contributed by atoms with van der Waals surface area (Å²) in [4.78, 5) is 11.6. The number of anilines is 1. The number of nitrogens with one attached hydrogen (secondary N) is 1. The van der Waals surface area contributed by atoms with E-state index in [1.165, 1.54) is 45.3 Å². The maximum Gasteiger partial charge on any atom is 0.193 e. The van der Waals surface area contributed by atoms with Gasteiger partial charge in [-0.25, -0.2) is 0 Å². The Bertz CT molecular complexity index is 577. The largest absolute Gasteiger partial charge is 0.506 e. The molecule has 1 aromatic rings. The molecule has 2 aliphatic rings. The van der Waals surface area contributed by atoms with Crippen molar-refractivity contribution < 1.29 is 5.11 Å². The van der Waals surface area contributed by atoms with Gasteiger partial charge in [0.05, 0.1) is 5.69 Å². The van der Waals surface area contributed by atoms with Crippen molar-refractivity contribution in [2.75, 3.05) is 64.3 Å². The van der Waals surface area contributed by atoms with E-state index in [9.17, 15) is 5.11 Å². The molecule has 2 fully saturated rings. The number of piperazine rings is 1. The number of nitrogens with zero attached hydrogens (tertiary/aromatic N) is 4. The van der Waals surface area contributed by atoms with E-state index >= 15 is 0 Å². The van der Waals surface area contributed by atoms with Crippen LogP contribution in [-0.2, 0) is 0 Å². The van der Waals surface area contributed by atoms with Crippen molar-refractivity contribution >= 4 is 11.6 Å². The topological polar surface area (TPSA) is 54.3 Å². The maximum absolute atomic E-state index is 10.0. The predicted molar refractivity (Wildman–Crippen MR) is 108 cm³/mol. The molecular weight excluding hydrogens is 326 g/mol. The molecular formula is C20H33N5O. The summed E-state index contributed by atoms with van der Waals surface area (Å²) in [5.41, 5.74) is 0.928. The van der Waals surface area contributed by atoms with Crippen LogP contribution in [-0.4, -0.2) is 80.3 Å². The average molecular weight is 360 g/mol. The second-order valence-corrected chi connectivity index (χ2v) is 7.19. The standard InChI is InChI=1S/C20H33N5O/c1-21-20(22-10-4-5-11-23-12-6-7-13-23)25-16-14-24(15-17-25)18-8-2-3-9-19(18)26/h2-3,8-9,26H,4-7,10-17H2,1H3,(H,21,22). The molecule has 6 heteroatoms.